The summed E-state index contributed by atoms with van der Waals surface area (Å²) in [5, 5.41) is 5.93. The van der Waals surface area contributed by atoms with Gasteiger partial charge in [0.15, 0.2) is 0 Å². The maximum Gasteiger partial charge on any atom is 0.269 e. The summed E-state index contributed by atoms with van der Waals surface area (Å²) in [5.41, 5.74) is 4.94. The van der Waals surface area contributed by atoms with Crippen LogP contribution >= 0.6 is 0 Å². The summed E-state index contributed by atoms with van der Waals surface area (Å²) in [5.74, 6) is 1.58. The van der Waals surface area contributed by atoms with Crippen molar-refractivity contribution in [1.82, 2.24) is 24.8 Å². The van der Waals surface area contributed by atoms with E-state index in [9.17, 15) is 4.79 Å². The molecule has 3 aromatic heterocycles. The fraction of sp³-hybridized carbons (Fsp3) is 0.0769. The largest absolute Gasteiger partial charge is 0.457 e. The Labute approximate surface area is 196 Å². The Morgan fingerprint density at radius 1 is 0.912 bits per heavy atom. The van der Waals surface area contributed by atoms with Gasteiger partial charge in [-0.15, -0.1) is 0 Å². The number of amides is 1. The normalized spacial score (nSPS) is 10.8. The van der Waals surface area contributed by atoms with Gasteiger partial charge < -0.3 is 19.9 Å². The zero-order chi connectivity index (χ0) is 23.5. The number of nitrogens with zero attached hydrogens (tertiary/aromatic N) is 4. The highest BCUT2D eigenvalue weighted by Crippen LogP contribution is 2.28. The minimum atomic E-state index is -0.269. The molecule has 2 N–H and O–H groups in total. The number of nitrogens with one attached hydrogen (secondary N) is 2. The molecule has 2 aromatic carbocycles. The number of benzene rings is 2. The van der Waals surface area contributed by atoms with Crippen molar-refractivity contribution in [1.29, 1.82) is 0 Å². The second kappa shape index (κ2) is 9.03. The summed E-state index contributed by atoms with van der Waals surface area (Å²) in [6, 6.07) is 22.9. The van der Waals surface area contributed by atoms with Gasteiger partial charge in [-0.05, 0) is 42.5 Å². The van der Waals surface area contributed by atoms with Gasteiger partial charge in [0, 0.05) is 49.9 Å². The summed E-state index contributed by atoms with van der Waals surface area (Å²) >= 11 is 0. The van der Waals surface area contributed by atoms with Crippen LogP contribution < -0.4 is 15.4 Å². The van der Waals surface area contributed by atoms with Crippen molar-refractivity contribution in [2.75, 3.05) is 12.4 Å². The average Bonchev–Trinajstić information content (AvgIpc) is 3.19. The van der Waals surface area contributed by atoms with Gasteiger partial charge in [0.05, 0.1) is 16.7 Å². The monoisotopic (exact) mass is 450 g/mol. The Bertz CT molecular complexity index is 1460. The average molecular weight is 451 g/mol. The Morgan fingerprint density at radius 3 is 2.50 bits per heavy atom. The third kappa shape index (κ3) is 4.29. The molecule has 0 bridgehead atoms. The van der Waals surface area contributed by atoms with Gasteiger partial charge in [0.25, 0.3) is 5.91 Å². The van der Waals surface area contributed by atoms with Crippen LogP contribution in [-0.4, -0.2) is 32.5 Å². The van der Waals surface area contributed by atoms with E-state index in [-0.39, 0.29) is 5.91 Å². The highest BCUT2D eigenvalue weighted by atomic mass is 16.5. The second-order valence-electron chi connectivity index (χ2n) is 7.62. The van der Waals surface area contributed by atoms with Crippen LogP contribution in [0.4, 0.5) is 11.6 Å². The molecule has 5 aromatic rings. The molecule has 0 aliphatic heterocycles. The summed E-state index contributed by atoms with van der Waals surface area (Å²) in [4.78, 5) is 25.0. The van der Waals surface area contributed by atoms with Crippen molar-refractivity contribution in [2.24, 2.45) is 7.05 Å². The quantitative estimate of drug-likeness (QED) is 0.381. The van der Waals surface area contributed by atoms with Crippen LogP contribution in [0.15, 0.2) is 85.2 Å². The molecule has 5 rings (SSSR count). The SMILES string of the molecule is CNC(=O)c1cc(Oc2ccc3c(c2)nc(Nc2ccc(-c4ccccn4)cc2)n3C)ccn1. The summed E-state index contributed by atoms with van der Waals surface area (Å²) in [6.45, 7) is 0. The first-order valence-corrected chi connectivity index (χ1v) is 10.7. The number of fused-ring (bicyclic) bond motifs is 1. The number of ether oxygens (including phenoxy) is 1. The highest BCUT2D eigenvalue weighted by molar-refractivity contribution is 5.92. The topological polar surface area (TPSA) is 94.0 Å². The predicted octanol–water partition coefficient (Wildman–Crippen LogP) is 4.93. The number of rotatable bonds is 6. The van der Waals surface area contributed by atoms with Crippen LogP contribution in [0.25, 0.3) is 22.3 Å². The number of imidazole rings is 1. The molecule has 34 heavy (non-hydrogen) atoms. The zero-order valence-electron chi connectivity index (χ0n) is 18.7. The first-order chi connectivity index (χ1) is 16.6. The fourth-order valence-electron chi connectivity index (χ4n) is 3.60. The number of anilines is 2. The highest BCUT2D eigenvalue weighted by Gasteiger charge is 2.11. The van der Waals surface area contributed by atoms with Crippen LogP contribution in [0.3, 0.4) is 0 Å². The first kappa shape index (κ1) is 21.1. The second-order valence-corrected chi connectivity index (χ2v) is 7.62. The lowest BCUT2D eigenvalue weighted by Gasteiger charge is -2.08. The van der Waals surface area contributed by atoms with E-state index < -0.39 is 0 Å². The maximum absolute atomic E-state index is 11.8. The molecule has 3 heterocycles. The van der Waals surface area contributed by atoms with Crippen LogP contribution in [0.2, 0.25) is 0 Å². The molecule has 0 unspecified atom stereocenters. The lowest BCUT2D eigenvalue weighted by Crippen LogP contribution is -2.18. The van der Waals surface area contributed by atoms with Crippen molar-refractivity contribution < 1.29 is 9.53 Å². The molecular formula is C26H22N6O2. The lowest BCUT2D eigenvalue weighted by atomic mass is 10.1. The van der Waals surface area contributed by atoms with Gasteiger partial charge in [-0.2, -0.15) is 0 Å². The standard InChI is InChI=1S/C26H22N6O2/c1-27-25(33)23-16-20(12-14-29-23)34-19-10-11-24-22(15-19)31-26(32(24)2)30-18-8-6-17(7-9-18)21-5-3-4-13-28-21/h3-16H,1-2H3,(H,27,33)(H,30,31). The molecule has 0 spiro atoms. The maximum atomic E-state index is 11.8. The number of pyridine rings is 2. The molecule has 8 nitrogen and oxygen atoms in total. The Morgan fingerprint density at radius 2 is 1.74 bits per heavy atom. The molecule has 0 aliphatic rings. The lowest BCUT2D eigenvalue weighted by molar-refractivity contribution is 0.0958. The van der Waals surface area contributed by atoms with Gasteiger partial charge in [-0.1, -0.05) is 18.2 Å². The summed E-state index contributed by atoms with van der Waals surface area (Å²) in [6.07, 6.45) is 3.33. The van der Waals surface area contributed by atoms with Crippen molar-refractivity contribution in [2.45, 2.75) is 0 Å². The Balaban J connectivity index is 1.36. The number of aromatic nitrogens is 4. The number of carbonyl (C=O) groups excluding carboxylic acids is 1. The molecule has 0 radical (unpaired) electrons. The van der Waals surface area contributed by atoms with E-state index in [0.29, 0.717) is 23.1 Å². The molecule has 168 valence electrons. The predicted molar refractivity (Wildman–Crippen MR) is 131 cm³/mol. The van der Waals surface area contributed by atoms with Crippen molar-refractivity contribution >= 4 is 28.6 Å². The Kier molecular flexibility index (Phi) is 5.61. The smallest absolute Gasteiger partial charge is 0.269 e. The zero-order valence-corrected chi connectivity index (χ0v) is 18.7. The van der Waals surface area contributed by atoms with Crippen molar-refractivity contribution in [3.05, 3.63) is 90.9 Å². The number of aryl methyl sites for hydroxylation is 1. The third-order valence-corrected chi connectivity index (χ3v) is 5.38. The molecule has 0 saturated carbocycles. The number of hydrogen-bond donors (Lipinski definition) is 2. The molecule has 0 saturated heterocycles. The number of hydrogen-bond acceptors (Lipinski definition) is 6. The molecule has 0 atom stereocenters. The van der Waals surface area contributed by atoms with Gasteiger partial charge in [-0.3, -0.25) is 14.8 Å². The Hall–Kier alpha value is -4.72. The minimum Gasteiger partial charge on any atom is -0.457 e. The number of carbonyl (C=O) groups is 1. The fourth-order valence-corrected chi connectivity index (χ4v) is 3.60. The van der Waals surface area contributed by atoms with Gasteiger partial charge in [0.2, 0.25) is 5.95 Å². The van der Waals surface area contributed by atoms with Crippen LogP contribution in [0, 0.1) is 0 Å². The molecular weight excluding hydrogens is 428 g/mol. The molecule has 0 fully saturated rings. The van der Waals surface area contributed by atoms with Crippen LogP contribution in [-0.2, 0) is 7.05 Å². The first-order valence-electron chi connectivity index (χ1n) is 10.7. The third-order valence-electron chi connectivity index (χ3n) is 5.38. The summed E-state index contributed by atoms with van der Waals surface area (Å²) in [7, 11) is 3.52. The van der Waals surface area contributed by atoms with Crippen LogP contribution in [0.1, 0.15) is 10.5 Å². The minimum absolute atomic E-state index is 0.269. The van der Waals surface area contributed by atoms with E-state index in [4.69, 9.17) is 9.72 Å². The van der Waals surface area contributed by atoms with Gasteiger partial charge >= 0.3 is 0 Å². The molecule has 1 amide bonds. The molecule has 8 heteroatoms. The van der Waals surface area contributed by atoms with Gasteiger partial charge in [-0.25, -0.2) is 4.98 Å². The van der Waals surface area contributed by atoms with E-state index in [0.717, 1.165) is 28.0 Å². The van der Waals surface area contributed by atoms with E-state index in [1.165, 1.54) is 0 Å². The summed E-state index contributed by atoms with van der Waals surface area (Å²) < 4.78 is 7.94. The van der Waals surface area contributed by atoms with E-state index in [2.05, 4.69) is 20.6 Å². The van der Waals surface area contributed by atoms with E-state index >= 15 is 0 Å². The van der Waals surface area contributed by atoms with Crippen molar-refractivity contribution in [3.63, 3.8) is 0 Å². The van der Waals surface area contributed by atoms with E-state index in [1.54, 1.807) is 31.6 Å². The van der Waals surface area contributed by atoms with E-state index in [1.807, 2.05) is 72.3 Å². The van der Waals surface area contributed by atoms with Crippen molar-refractivity contribution in [3.8, 4) is 22.8 Å². The van der Waals surface area contributed by atoms with Crippen LogP contribution in [0.5, 0.6) is 11.5 Å². The van der Waals surface area contributed by atoms with Gasteiger partial charge in [0.1, 0.15) is 17.2 Å². The molecule has 0 aliphatic carbocycles.